The first kappa shape index (κ1) is 17.9. The van der Waals surface area contributed by atoms with E-state index in [-0.39, 0.29) is 5.91 Å². The van der Waals surface area contributed by atoms with Gasteiger partial charge in [-0.25, -0.2) is 0 Å². The lowest BCUT2D eigenvalue weighted by Gasteiger charge is -2.18. The molecule has 0 fully saturated rings. The maximum atomic E-state index is 12.4. The van der Waals surface area contributed by atoms with Crippen LogP contribution in [-0.4, -0.2) is 12.0 Å². The number of rotatable bonds is 5. The van der Waals surface area contributed by atoms with Gasteiger partial charge in [0.2, 0.25) is 0 Å². The number of hydrogen-bond acceptors (Lipinski definition) is 2. The van der Waals surface area contributed by atoms with Crippen molar-refractivity contribution in [2.24, 2.45) is 0 Å². The van der Waals surface area contributed by atoms with E-state index in [9.17, 15) is 4.79 Å². The normalized spacial score (nSPS) is 11.9. The fourth-order valence-electron chi connectivity index (χ4n) is 2.03. The van der Waals surface area contributed by atoms with Gasteiger partial charge in [0.05, 0.1) is 0 Å². The zero-order valence-corrected chi connectivity index (χ0v) is 15.0. The Morgan fingerprint density at radius 3 is 2.35 bits per heavy atom. The predicted octanol–water partition coefficient (Wildman–Crippen LogP) is 5.75. The van der Waals surface area contributed by atoms with E-state index in [2.05, 4.69) is 5.32 Å². The zero-order chi connectivity index (χ0) is 17.0. The Bertz CT molecular complexity index is 699. The van der Waals surface area contributed by atoms with Gasteiger partial charge in [-0.2, -0.15) is 0 Å². The number of nitrogens with one attached hydrogen (secondary N) is 1. The van der Waals surface area contributed by atoms with Crippen molar-refractivity contribution in [3.05, 3.63) is 57.0 Å². The molecule has 0 spiro atoms. The zero-order valence-electron chi connectivity index (χ0n) is 12.7. The van der Waals surface area contributed by atoms with Gasteiger partial charge in [0, 0.05) is 20.8 Å². The molecule has 0 bridgehead atoms. The van der Waals surface area contributed by atoms with Crippen molar-refractivity contribution < 1.29 is 9.53 Å². The number of halogens is 3. The molecule has 2 aromatic rings. The Morgan fingerprint density at radius 1 is 1.13 bits per heavy atom. The second-order valence-electron chi connectivity index (χ2n) is 5.07. The Hall–Kier alpha value is -1.42. The Kier molecular flexibility index (Phi) is 6.17. The van der Waals surface area contributed by atoms with Crippen LogP contribution in [0.5, 0.6) is 5.75 Å². The van der Waals surface area contributed by atoms with Gasteiger partial charge in [-0.1, -0.05) is 41.7 Å². The standard InChI is InChI=1S/C17H16Cl3NO2/c1-3-16(23-14-4-5-15(20)10(2)6-14)17(22)21-13-8-11(18)7-12(19)9-13/h4-9,16H,3H2,1-2H3,(H,21,22)/t16-/m0/s1. The molecule has 1 amide bonds. The van der Waals surface area contributed by atoms with Crippen molar-refractivity contribution in [2.75, 3.05) is 5.32 Å². The molecule has 1 atom stereocenters. The minimum Gasteiger partial charge on any atom is -0.481 e. The first-order chi connectivity index (χ1) is 10.9. The molecule has 1 N–H and O–H groups in total. The molecule has 122 valence electrons. The van der Waals surface area contributed by atoms with Crippen LogP contribution in [0.25, 0.3) is 0 Å². The molecule has 0 saturated carbocycles. The molecule has 0 aliphatic carbocycles. The molecule has 0 unspecified atom stereocenters. The molecule has 2 aromatic carbocycles. The third-order valence-electron chi connectivity index (χ3n) is 3.20. The predicted molar refractivity (Wildman–Crippen MR) is 96.0 cm³/mol. The van der Waals surface area contributed by atoms with Gasteiger partial charge in [-0.3, -0.25) is 4.79 Å². The van der Waals surface area contributed by atoms with Crippen molar-refractivity contribution in [2.45, 2.75) is 26.4 Å². The Labute approximate surface area is 150 Å². The summed E-state index contributed by atoms with van der Waals surface area (Å²) in [5.41, 5.74) is 1.42. The molecule has 0 aliphatic heterocycles. The maximum absolute atomic E-state index is 12.4. The van der Waals surface area contributed by atoms with Gasteiger partial charge in [-0.05, 0) is 55.3 Å². The monoisotopic (exact) mass is 371 g/mol. The van der Waals surface area contributed by atoms with Crippen molar-refractivity contribution in [3.8, 4) is 5.75 Å². The topological polar surface area (TPSA) is 38.3 Å². The average Bonchev–Trinajstić information content (AvgIpc) is 2.47. The van der Waals surface area contributed by atoms with Crippen molar-refractivity contribution in [1.82, 2.24) is 0 Å². The lowest BCUT2D eigenvalue weighted by molar-refractivity contribution is -0.122. The van der Waals surface area contributed by atoms with Gasteiger partial charge < -0.3 is 10.1 Å². The second kappa shape index (κ2) is 7.91. The highest BCUT2D eigenvalue weighted by molar-refractivity contribution is 6.35. The maximum Gasteiger partial charge on any atom is 0.265 e. The molecule has 3 nitrogen and oxygen atoms in total. The highest BCUT2D eigenvalue weighted by Crippen LogP contribution is 2.24. The van der Waals surface area contributed by atoms with Gasteiger partial charge in [-0.15, -0.1) is 0 Å². The fourth-order valence-corrected chi connectivity index (χ4v) is 2.67. The summed E-state index contributed by atoms with van der Waals surface area (Å²) in [6, 6.07) is 10.1. The number of ether oxygens (including phenoxy) is 1. The fraction of sp³-hybridized carbons (Fsp3) is 0.235. The van der Waals surface area contributed by atoms with Crippen LogP contribution in [-0.2, 0) is 4.79 Å². The summed E-state index contributed by atoms with van der Waals surface area (Å²) < 4.78 is 5.76. The molecule has 0 aromatic heterocycles. The van der Waals surface area contributed by atoms with Crippen LogP contribution in [0.1, 0.15) is 18.9 Å². The van der Waals surface area contributed by atoms with Crippen molar-refractivity contribution >= 4 is 46.4 Å². The van der Waals surface area contributed by atoms with Crippen molar-refractivity contribution in [1.29, 1.82) is 0 Å². The summed E-state index contributed by atoms with van der Waals surface area (Å²) in [6.45, 7) is 3.75. The molecule has 0 saturated heterocycles. The van der Waals surface area contributed by atoms with Crippen LogP contribution in [0, 0.1) is 6.92 Å². The highest BCUT2D eigenvalue weighted by atomic mass is 35.5. The second-order valence-corrected chi connectivity index (χ2v) is 6.35. The summed E-state index contributed by atoms with van der Waals surface area (Å²) in [5, 5.41) is 4.33. The van der Waals surface area contributed by atoms with Crippen LogP contribution in [0.2, 0.25) is 15.1 Å². The van der Waals surface area contributed by atoms with E-state index in [0.717, 1.165) is 5.56 Å². The number of carbonyl (C=O) groups is 1. The Morgan fingerprint density at radius 2 is 1.78 bits per heavy atom. The van der Waals surface area contributed by atoms with E-state index in [1.807, 2.05) is 13.8 Å². The van der Waals surface area contributed by atoms with Crippen LogP contribution in [0.3, 0.4) is 0 Å². The van der Waals surface area contributed by atoms with Gasteiger partial charge >= 0.3 is 0 Å². The summed E-state index contributed by atoms with van der Waals surface area (Å²) in [4.78, 5) is 12.4. The van der Waals surface area contributed by atoms with Crippen LogP contribution in [0.4, 0.5) is 5.69 Å². The van der Waals surface area contributed by atoms with E-state index < -0.39 is 6.10 Å². The van der Waals surface area contributed by atoms with E-state index in [1.165, 1.54) is 0 Å². The Balaban J connectivity index is 2.10. The molecular weight excluding hydrogens is 357 g/mol. The molecule has 0 radical (unpaired) electrons. The summed E-state index contributed by atoms with van der Waals surface area (Å²) in [5.74, 6) is 0.330. The van der Waals surface area contributed by atoms with Crippen LogP contribution < -0.4 is 10.1 Å². The number of benzene rings is 2. The minimum atomic E-state index is -0.631. The number of carbonyl (C=O) groups excluding carboxylic acids is 1. The van der Waals surface area contributed by atoms with E-state index in [1.54, 1.807) is 36.4 Å². The van der Waals surface area contributed by atoms with Gasteiger partial charge in [0.1, 0.15) is 5.75 Å². The van der Waals surface area contributed by atoms with Crippen molar-refractivity contribution in [3.63, 3.8) is 0 Å². The summed E-state index contributed by atoms with van der Waals surface area (Å²) >= 11 is 17.8. The molecule has 0 heterocycles. The molecule has 23 heavy (non-hydrogen) atoms. The number of aryl methyl sites for hydroxylation is 1. The summed E-state index contributed by atoms with van der Waals surface area (Å²) in [6.07, 6.45) is -0.115. The number of hydrogen-bond donors (Lipinski definition) is 1. The third-order valence-corrected chi connectivity index (χ3v) is 4.06. The third kappa shape index (κ3) is 5.03. The minimum absolute atomic E-state index is 0.265. The van der Waals surface area contributed by atoms with Gasteiger partial charge in [0.15, 0.2) is 6.10 Å². The lowest BCUT2D eigenvalue weighted by Crippen LogP contribution is -2.32. The highest BCUT2D eigenvalue weighted by Gasteiger charge is 2.19. The molecule has 0 aliphatic rings. The summed E-state index contributed by atoms with van der Waals surface area (Å²) in [7, 11) is 0. The van der Waals surface area contributed by atoms with Crippen LogP contribution >= 0.6 is 34.8 Å². The first-order valence-corrected chi connectivity index (χ1v) is 8.22. The molecule has 6 heteroatoms. The largest absolute Gasteiger partial charge is 0.481 e. The van der Waals surface area contributed by atoms with Crippen LogP contribution in [0.15, 0.2) is 36.4 Å². The average molecular weight is 373 g/mol. The first-order valence-electron chi connectivity index (χ1n) is 7.09. The smallest absolute Gasteiger partial charge is 0.265 e. The molecule has 2 rings (SSSR count). The van der Waals surface area contributed by atoms with E-state index in [4.69, 9.17) is 39.5 Å². The SMILES string of the molecule is CC[C@H](Oc1ccc(Cl)c(C)c1)C(=O)Nc1cc(Cl)cc(Cl)c1. The number of anilines is 1. The lowest BCUT2D eigenvalue weighted by atomic mass is 10.2. The van der Waals surface area contributed by atoms with E-state index >= 15 is 0 Å². The molecular formula is C17H16Cl3NO2. The quantitative estimate of drug-likeness (QED) is 0.725. The van der Waals surface area contributed by atoms with E-state index in [0.29, 0.717) is 32.9 Å². The number of amides is 1. The van der Waals surface area contributed by atoms with Gasteiger partial charge in [0.25, 0.3) is 5.91 Å².